The molecular weight excluding hydrogens is 308 g/mol. The molecule has 0 spiro atoms. The molecule has 4 heteroatoms. The Morgan fingerprint density at radius 3 is 1.79 bits per heavy atom. The second-order valence-corrected chi connectivity index (χ2v) is 4.42. The summed E-state index contributed by atoms with van der Waals surface area (Å²) in [7, 11) is 0. The lowest BCUT2D eigenvalue weighted by Crippen LogP contribution is -1.91. The Bertz CT molecular complexity index is 390. The van der Waals surface area contributed by atoms with Crippen molar-refractivity contribution >= 4 is 31.9 Å². The largest absolute Gasteiger partial charge is 0.198 e. The van der Waals surface area contributed by atoms with Gasteiger partial charge in [-0.05, 0) is 23.3 Å². The van der Waals surface area contributed by atoms with Crippen molar-refractivity contribution in [2.24, 2.45) is 0 Å². The number of hydrogen-bond acceptors (Lipinski definition) is 2. The van der Waals surface area contributed by atoms with E-state index in [-0.39, 0.29) is 0 Å². The van der Waals surface area contributed by atoms with E-state index in [2.05, 4.69) is 44.0 Å². The van der Waals surface area contributed by atoms with Crippen LogP contribution in [0.25, 0.3) is 0 Å². The summed E-state index contributed by atoms with van der Waals surface area (Å²) in [6, 6.07) is 7.94. The Morgan fingerprint density at radius 1 is 1.00 bits per heavy atom. The van der Waals surface area contributed by atoms with Crippen LogP contribution < -0.4 is 0 Å². The molecule has 0 atom stereocenters. The molecule has 0 N–H and O–H groups in total. The zero-order valence-corrected chi connectivity index (χ0v) is 10.4. The molecule has 1 rings (SSSR count). The van der Waals surface area contributed by atoms with Crippen molar-refractivity contribution < 1.29 is 0 Å². The third-order valence-corrected chi connectivity index (χ3v) is 3.20. The highest BCUT2D eigenvalue weighted by Crippen LogP contribution is 2.27. The number of benzene rings is 1. The molecule has 0 saturated heterocycles. The van der Waals surface area contributed by atoms with E-state index in [0.717, 1.165) is 20.1 Å². The van der Waals surface area contributed by atoms with Gasteiger partial charge in [-0.1, -0.05) is 31.9 Å². The Morgan fingerprint density at radius 2 is 1.43 bits per heavy atom. The van der Waals surface area contributed by atoms with Gasteiger partial charge in [0.2, 0.25) is 0 Å². The highest BCUT2D eigenvalue weighted by atomic mass is 79.9. The molecule has 0 saturated carbocycles. The molecule has 0 unspecified atom stereocenters. The van der Waals surface area contributed by atoms with Crippen molar-refractivity contribution in [3.05, 3.63) is 32.2 Å². The van der Waals surface area contributed by atoms with Gasteiger partial charge in [-0.25, -0.2) is 0 Å². The minimum Gasteiger partial charge on any atom is -0.198 e. The molecule has 0 aliphatic rings. The molecule has 1 aromatic carbocycles. The number of nitrogens with zero attached hydrogens (tertiary/aromatic N) is 2. The van der Waals surface area contributed by atoms with Crippen molar-refractivity contribution in [1.29, 1.82) is 10.5 Å². The zero-order chi connectivity index (χ0) is 10.6. The third kappa shape index (κ3) is 2.57. The van der Waals surface area contributed by atoms with Crippen LogP contribution in [0.5, 0.6) is 0 Å². The molecule has 0 aromatic heterocycles. The fourth-order valence-electron chi connectivity index (χ4n) is 1.14. The van der Waals surface area contributed by atoms with Crippen LogP contribution in [0, 0.1) is 22.7 Å². The van der Waals surface area contributed by atoms with Crippen LogP contribution >= 0.6 is 31.9 Å². The van der Waals surface area contributed by atoms with Gasteiger partial charge < -0.3 is 0 Å². The highest BCUT2D eigenvalue weighted by molar-refractivity contribution is 9.11. The van der Waals surface area contributed by atoms with Gasteiger partial charge in [0.25, 0.3) is 0 Å². The van der Waals surface area contributed by atoms with E-state index in [1.807, 2.05) is 12.1 Å². The first-order chi connectivity index (χ1) is 6.69. The normalized spacial score (nSPS) is 9.14. The van der Waals surface area contributed by atoms with Crippen LogP contribution in [0.3, 0.4) is 0 Å². The lowest BCUT2D eigenvalue weighted by Gasteiger charge is -2.05. The summed E-state index contributed by atoms with van der Waals surface area (Å²) in [5.74, 6) is 0. The van der Waals surface area contributed by atoms with E-state index in [9.17, 15) is 0 Å². The first-order valence-corrected chi connectivity index (χ1v) is 5.48. The summed E-state index contributed by atoms with van der Waals surface area (Å²) in [5.41, 5.74) is 1.82. The maximum atomic E-state index is 8.60. The van der Waals surface area contributed by atoms with Crippen molar-refractivity contribution in [3.8, 4) is 12.1 Å². The number of halogens is 2. The molecule has 0 heterocycles. The SMILES string of the molecule is N#CCc1cc(Br)cc(CC#N)c1Br. The minimum absolute atomic E-state index is 0.346. The monoisotopic (exact) mass is 312 g/mol. The average Bonchev–Trinajstić information content (AvgIpc) is 2.14. The van der Waals surface area contributed by atoms with Crippen LogP contribution in [0.2, 0.25) is 0 Å². The maximum absolute atomic E-state index is 8.60. The van der Waals surface area contributed by atoms with Crippen LogP contribution in [0.15, 0.2) is 21.1 Å². The second-order valence-electron chi connectivity index (χ2n) is 2.71. The molecule has 14 heavy (non-hydrogen) atoms. The van der Waals surface area contributed by atoms with Gasteiger partial charge in [0.15, 0.2) is 0 Å². The van der Waals surface area contributed by atoms with Crippen LogP contribution in [0.1, 0.15) is 11.1 Å². The second kappa shape index (κ2) is 5.14. The van der Waals surface area contributed by atoms with Gasteiger partial charge in [0.05, 0.1) is 25.0 Å². The van der Waals surface area contributed by atoms with Gasteiger partial charge in [0.1, 0.15) is 0 Å². The van der Waals surface area contributed by atoms with Gasteiger partial charge in [0, 0.05) is 8.95 Å². The summed E-state index contributed by atoms with van der Waals surface area (Å²) < 4.78 is 1.76. The maximum Gasteiger partial charge on any atom is 0.0670 e. The predicted molar refractivity (Wildman–Crippen MR) is 60.5 cm³/mol. The lowest BCUT2D eigenvalue weighted by molar-refractivity contribution is 1.17. The Balaban J connectivity index is 3.20. The molecule has 70 valence electrons. The quantitative estimate of drug-likeness (QED) is 0.840. The summed E-state index contributed by atoms with van der Waals surface area (Å²) in [6.45, 7) is 0. The number of hydrogen-bond donors (Lipinski definition) is 0. The Hall–Kier alpha value is -0.840. The van der Waals surface area contributed by atoms with Crippen LogP contribution in [0.4, 0.5) is 0 Å². The minimum atomic E-state index is 0.346. The molecule has 0 fully saturated rings. The Labute approximate surface area is 99.4 Å². The summed E-state index contributed by atoms with van der Waals surface area (Å²) in [4.78, 5) is 0. The van der Waals surface area contributed by atoms with Gasteiger partial charge in [-0.15, -0.1) is 0 Å². The number of rotatable bonds is 2. The van der Waals surface area contributed by atoms with E-state index in [4.69, 9.17) is 10.5 Å². The Kier molecular flexibility index (Phi) is 4.13. The van der Waals surface area contributed by atoms with Crippen molar-refractivity contribution in [2.75, 3.05) is 0 Å². The molecule has 1 aromatic rings. The van der Waals surface area contributed by atoms with Crippen molar-refractivity contribution in [2.45, 2.75) is 12.8 Å². The zero-order valence-electron chi connectivity index (χ0n) is 7.22. The topological polar surface area (TPSA) is 47.6 Å². The van der Waals surface area contributed by atoms with E-state index in [0.29, 0.717) is 12.8 Å². The summed E-state index contributed by atoms with van der Waals surface area (Å²) in [6.07, 6.45) is 0.691. The summed E-state index contributed by atoms with van der Waals surface area (Å²) in [5, 5.41) is 17.2. The van der Waals surface area contributed by atoms with E-state index in [1.165, 1.54) is 0 Å². The molecule has 0 aliphatic carbocycles. The standard InChI is InChI=1S/C10H6Br2N2/c11-9-5-7(1-3-13)10(12)8(6-9)2-4-14/h5-6H,1-2H2. The highest BCUT2D eigenvalue weighted by Gasteiger charge is 2.07. The van der Waals surface area contributed by atoms with Crippen LogP contribution in [-0.4, -0.2) is 0 Å². The van der Waals surface area contributed by atoms with Crippen molar-refractivity contribution in [1.82, 2.24) is 0 Å². The van der Waals surface area contributed by atoms with Gasteiger partial charge in [-0.2, -0.15) is 10.5 Å². The first kappa shape index (κ1) is 11.2. The molecule has 0 amide bonds. The van der Waals surface area contributed by atoms with Gasteiger partial charge in [-0.3, -0.25) is 0 Å². The average molecular weight is 314 g/mol. The van der Waals surface area contributed by atoms with E-state index in [1.54, 1.807) is 0 Å². The molecule has 0 bridgehead atoms. The van der Waals surface area contributed by atoms with Gasteiger partial charge >= 0.3 is 0 Å². The van der Waals surface area contributed by atoms with E-state index >= 15 is 0 Å². The summed E-state index contributed by atoms with van der Waals surface area (Å²) >= 11 is 6.74. The van der Waals surface area contributed by atoms with Crippen molar-refractivity contribution in [3.63, 3.8) is 0 Å². The molecular formula is C10H6Br2N2. The smallest absolute Gasteiger partial charge is 0.0670 e. The number of nitriles is 2. The van der Waals surface area contributed by atoms with E-state index < -0.39 is 0 Å². The fourth-order valence-corrected chi connectivity index (χ4v) is 2.20. The molecule has 0 radical (unpaired) electrons. The lowest BCUT2D eigenvalue weighted by atomic mass is 10.1. The fraction of sp³-hybridized carbons (Fsp3) is 0.200. The third-order valence-electron chi connectivity index (χ3n) is 1.73. The van der Waals surface area contributed by atoms with Crippen LogP contribution in [-0.2, 0) is 12.8 Å². The first-order valence-electron chi connectivity index (χ1n) is 3.89. The molecule has 0 aliphatic heterocycles. The molecule has 2 nitrogen and oxygen atoms in total. The predicted octanol–water partition coefficient (Wildman–Crippen LogP) is 3.34.